The van der Waals surface area contributed by atoms with Crippen molar-refractivity contribution in [1.82, 2.24) is 15.0 Å². The molecule has 108 valence electrons. The molecule has 0 N–H and O–H groups in total. The number of carbonyl (C=O) groups is 1. The molecule has 3 rings (SSSR count). The van der Waals surface area contributed by atoms with Crippen LogP contribution >= 0.6 is 0 Å². The largest absolute Gasteiger partial charge is 0.293 e. The van der Waals surface area contributed by atoms with Crippen molar-refractivity contribution in [2.45, 2.75) is 46.0 Å². The Kier molecular flexibility index (Phi) is 3.53. The highest BCUT2D eigenvalue weighted by Crippen LogP contribution is 2.31. The van der Waals surface area contributed by atoms with E-state index in [0.29, 0.717) is 0 Å². The van der Waals surface area contributed by atoms with Gasteiger partial charge in [0.05, 0.1) is 17.3 Å². The summed E-state index contributed by atoms with van der Waals surface area (Å²) >= 11 is 0. The molecule has 2 heterocycles. The summed E-state index contributed by atoms with van der Waals surface area (Å²) in [6, 6.07) is 5.78. The number of carbonyl (C=O) groups excluding carboxylic acids is 1. The van der Waals surface area contributed by atoms with E-state index in [1.807, 2.05) is 32.0 Å². The molecule has 0 aliphatic heterocycles. The molecule has 4 nitrogen and oxygen atoms in total. The lowest BCUT2D eigenvalue weighted by atomic mass is 9.83. The first-order valence-electron chi connectivity index (χ1n) is 7.43. The van der Waals surface area contributed by atoms with E-state index in [2.05, 4.69) is 21.9 Å². The Balaban J connectivity index is 2.00. The molecule has 0 bridgehead atoms. The Labute approximate surface area is 124 Å². The second-order valence-electron chi connectivity index (χ2n) is 5.59. The van der Waals surface area contributed by atoms with Gasteiger partial charge in [-0.2, -0.15) is 0 Å². The number of aromatic nitrogens is 3. The number of fused-ring (bicyclic) bond motifs is 1. The summed E-state index contributed by atoms with van der Waals surface area (Å²) in [5.74, 6) is 0.725. The second-order valence-corrected chi connectivity index (χ2v) is 5.59. The quantitative estimate of drug-likeness (QED) is 0.849. The molecule has 21 heavy (non-hydrogen) atoms. The molecule has 4 heteroatoms. The minimum Gasteiger partial charge on any atom is -0.293 e. The number of hydrogen-bond acceptors (Lipinski definition) is 4. The van der Waals surface area contributed by atoms with Gasteiger partial charge in [0.1, 0.15) is 5.82 Å². The van der Waals surface area contributed by atoms with Gasteiger partial charge in [0.15, 0.2) is 5.78 Å². The van der Waals surface area contributed by atoms with Crippen LogP contribution in [-0.2, 0) is 12.8 Å². The molecular weight excluding hydrogens is 262 g/mol. The average molecular weight is 281 g/mol. The third-order valence-electron chi connectivity index (χ3n) is 4.00. The maximum absolute atomic E-state index is 12.7. The lowest BCUT2D eigenvalue weighted by Gasteiger charge is -2.23. The molecule has 1 atom stereocenters. The zero-order chi connectivity index (χ0) is 15.0. The normalized spacial score (nSPS) is 17.7. The smallest absolute Gasteiger partial charge is 0.173 e. The van der Waals surface area contributed by atoms with Gasteiger partial charge in [-0.15, -0.1) is 0 Å². The third-order valence-corrected chi connectivity index (χ3v) is 4.00. The van der Waals surface area contributed by atoms with Gasteiger partial charge < -0.3 is 0 Å². The lowest BCUT2D eigenvalue weighted by molar-refractivity contribution is 0.0943. The number of ketones is 1. The standard InChI is InChI=1S/C17H19N3O/c1-4-12-9-16(20-11(3)19-12)14-7-8-15-13(17(14)21)6-5-10(2)18-15/h5-6,9,14H,4,7-8H2,1-3H3. The fraction of sp³-hybridized carbons (Fsp3) is 0.412. The molecule has 0 radical (unpaired) electrons. The molecule has 0 aromatic carbocycles. The van der Waals surface area contributed by atoms with Crippen LogP contribution in [0.5, 0.6) is 0 Å². The first kappa shape index (κ1) is 13.9. The first-order valence-corrected chi connectivity index (χ1v) is 7.43. The van der Waals surface area contributed by atoms with E-state index in [4.69, 9.17) is 0 Å². The minimum atomic E-state index is -0.158. The van der Waals surface area contributed by atoms with Crippen LogP contribution in [0.1, 0.15) is 58.2 Å². The topological polar surface area (TPSA) is 55.7 Å². The molecule has 0 saturated heterocycles. The predicted molar refractivity (Wildman–Crippen MR) is 80.5 cm³/mol. The van der Waals surface area contributed by atoms with Crippen LogP contribution in [0.2, 0.25) is 0 Å². The molecule has 0 saturated carbocycles. The van der Waals surface area contributed by atoms with Gasteiger partial charge in [0, 0.05) is 17.0 Å². The number of rotatable bonds is 2. The number of aryl methyl sites for hydroxylation is 4. The number of Topliss-reactive ketones (excluding diaryl/α,β-unsaturated/α-hetero) is 1. The Morgan fingerprint density at radius 1 is 1.19 bits per heavy atom. The van der Waals surface area contributed by atoms with E-state index in [9.17, 15) is 4.79 Å². The van der Waals surface area contributed by atoms with Crippen molar-refractivity contribution in [3.8, 4) is 0 Å². The average Bonchev–Trinajstić information content (AvgIpc) is 2.46. The summed E-state index contributed by atoms with van der Waals surface area (Å²) < 4.78 is 0. The van der Waals surface area contributed by atoms with Crippen LogP contribution in [0.3, 0.4) is 0 Å². The van der Waals surface area contributed by atoms with Gasteiger partial charge in [-0.25, -0.2) is 9.97 Å². The summed E-state index contributed by atoms with van der Waals surface area (Å²) in [5, 5.41) is 0. The van der Waals surface area contributed by atoms with Crippen LogP contribution < -0.4 is 0 Å². The highest BCUT2D eigenvalue weighted by molar-refractivity contribution is 6.02. The van der Waals surface area contributed by atoms with Crippen LogP contribution in [0.25, 0.3) is 0 Å². The van der Waals surface area contributed by atoms with Gasteiger partial charge in [-0.05, 0) is 51.3 Å². The van der Waals surface area contributed by atoms with E-state index in [1.165, 1.54) is 0 Å². The van der Waals surface area contributed by atoms with Crippen LogP contribution in [0.4, 0.5) is 0 Å². The predicted octanol–water partition coefficient (Wildman–Crippen LogP) is 2.96. The van der Waals surface area contributed by atoms with Gasteiger partial charge in [-0.3, -0.25) is 9.78 Å². The van der Waals surface area contributed by atoms with E-state index in [-0.39, 0.29) is 11.7 Å². The van der Waals surface area contributed by atoms with Gasteiger partial charge in [0.25, 0.3) is 0 Å². The Morgan fingerprint density at radius 2 is 2.00 bits per heavy atom. The lowest BCUT2D eigenvalue weighted by Crippen LogP contribution is -2.23. The molecule has 1 aliphatic carbocycles. The zero-order valence-electron chi connectivity index (χ0n) is 12.7. The third kappa shape index (κ3) is 2.58. The monoisotopic (exact) mass is 281 g/mol. The number of nitrogens with zero attached hydrogens (tertiary/aromatic N) is 3. The molecule has 2 aromatic rings. The van der Waals surface area contributed by atoms with E-state index >= 15 is 0 Å². The fourth-order valence-corrected chi connectivity index (χ4v) is 2.92. The Hall–Kier alpha value is -2.10. The van der Waals surface area contributed by atoms with E-state index in [1.54, 1.807) is 0 Å². The van der Waals surface area contributed by atoms with E-state index < -0.39 is 0 Å². The molecular formula is C17H19N3O. The molecule has 0 fully saturated rings. The van der Waals surface area contributed by atoms with Crippen LogP contribution in [0, 0.1) is 13.8 Å². The molecule has 1 unspecified atom stereocenters. The summed E-state index contributed by atoms with van der Waals surface area (Å²) in [5.41, 5.74) is 4.50. The molecule has 0 amide bonds. The summed E-state index contributed by atoms with van der Waals surface area (Å²) in [6.45, 7) is 5.91. The van der Waals surface area contributed by atoms with Crippen LogP contribution in [0.15, 0.2) is 18.2 Å². The fourth-order valence-electron chi connectivity index (χ4n) is 2.92. The Bertz CT molecular complexity index is 709. The van der Waals surface area contributed by atoms with Gasteiger partial charge in [-0.1, -0.05) is 6.92 Å². The maximum atomic E-state index is 12.7. The second kappa shape index (κ2) is 5.35. The highest BCUT2D eigenvalue weighted by Gasteiger charge is 2.30. The molecule has 1 aliphatic rings. The number of pyridine rings is 1. The van der Waals surface area contributed by atoms with Crippen molar-refractivity contribution < 1.29 is 4.79 Å². The summed E-state index contributed by atoms with van der Waals surface area (Å²) in [6.07, 6.45) is 2.47. The Morgan fingerprint density at radius 3 is 2.76 bits per heavy atom. The van der Waals surface area contributed by atoms with Crippen molar-refractivity contribution >= 4 is 5.78 Å². The van der Waals surface area contributed by atoms with Crippen LogP contribution in [-0.4, -0.2) is 20.7 Å². The van der Waals surface area contributed by atoms with Gasteiger partial charge in [0.2, 0.25) is 0 Å². The zero-order valence-corrected chi connectivity index (χ0v) is 12.7. The van der Waals surface area contributed by atoms with E-state index in [0.717, 1.165) is 53.4 Å². The first-order chi connectivity index (χ1) is 10.1. The van der Waals surface area contributed by atoms with Crippen molar-refractivity contribution in [2.24, 2.45) is 0 Å². The SMILES string of the molecule is CCc1cc(C2CCc3nc(C)ccc3C2=O)nc(C)n1. The van der Waals surface area contributed by atoms with Crippen molar-refractivity contribution in [1.29, 1.82) is 0 Å². The van der Waals surface area contributed by atoms with Gasteiger partial charge >= 0.3 is 0 Å². The summed E-state index contributed by atoms with van der Waals surface area (Å²) in [7, 11) is 0. The maximum Gasteiger partial charge on any atom is 0.173 e. The molecule has 2 aromatic heterocycles. The van der Waals surface area contributed by atoms with Crippen molar-refractivity contribution in [3.63, 3.8) is 0 Å². The van der Waals surface area contributed by atoms with Crippen molar-refractivity contribution in [2.75, 3.05) is 0 Å². The highest BCUT2D eigenvalue weighted by atomic mass is 16.1. The number of hydrogen-bond donors (Lipinski definition) is 0. The molecule has 0 spiro atoms. The van der Waals surface area contributed by atoms with Crippen molar-refractivity contribution in [3.05, 3.63) is 52.4 Å². The minimum absolute atomic E-state index is 0.143. The summed E-state index contributed by atoms with van der Waals surface area (Å²) in [4.78, 5) is 26.1.